The number of methoxy groups -OCH3 is 1. The Kier molecular flexibility index (Phi) is 4.08. The first-order valence-electron chi connectivity index (χ1n) is 6.93. The first-order valence-corrected chi connectivity index (χ1v) is 7.81. The topological polar surface area (TPSA) is 68.3 Å². The number of nitrogens with one attached hydrogen (secondary N) is 1. The summed E-state index contributed by atoms with van der Waals surface area (Å²) in [5.41, 5.74) is 1.05. The number of ether oxygens (including phenoxy) is 1. The molecule has 5 nitrogen and oxygen atoms in total. The molecule has 0 spiro atoms. The van der Waals surface area contributed by atoms with Crippen LogP contribution in [-0.2, 0) is 4.74 Å². The number of carbonyl (C=O) groups excluding carboxylic acids is 2. The highest BCUT2D eigenvalue weighted by Gasteiger charge is 2.17. The van der Waals surface area contributed by atoms with Gasteiger partial charge in [-0.1, -0.05) is 24.3 Å². The number of nitrogens with zero attached hydrogens (tertiary/aromatic N) is 1. The molecule has 0 radical (unpaired) electrons. The Hall–Kier alpha value is -2.73. The van der Waals surface area contributed by atoms with E-state index < -0.39 is 5.97 Å². The van der Waals surface area contributed by atoms with Crippen LogP contribution in [0.5, 0.6) is 0 Å². The summed E-state index contributed by atoms with van der Waals surface area (Å²) in [6.07, 6.45) is 0. The van der Waals surface area contributed by atoms with Gasteiger partial charge in [0.05, 0.1) is 23.4 Å². The molecular formula is C17H14N2O3S. The highest BCUT2D eigenvalue weighted by atomic mass is 32.1. The number of fused-ring (bicyclic) bond motifs is 1. The van der Waals surface area contributed by atoms with E-state index in [9.17, 15) is 9.59 Å². The second kappa shape index (κ2) is 6.18. The summed E-state index contributed by atoms with van der Waals surface area (Å²) in [6, 6.07) is 11.1. The van der Waals surface area contributed by atoms with E-state index in [4.69, 9.17) is 4.74 Å². The van der Waals surface area contributed by atoms with Gasteiger partial charge in [0.1, 0.15) is 5.69 Å². The first kappa shape index (κ1) is 15.2. The van der Waals surface area contributed by atoms with Crippen LogP contribution in [0.15, 0.2) is 41.8 Å². The van der Waals surface area contributed by atoms with Gasteiger partial charge in [0.15, 0.2) is 0 Å². The second-order valence-electron chi connectivity index (χ2n) is 4.94. The van der Waals surface area contributed by atoms with Gasteiger partial charge in [-0.3, -0.25) is 4.79 Å². The molecule has 23 heavy (non-hydrogen) atoms. The molecule has 116 valence electrons. The average molecular weight is 326 g/mol. The van der Waals surface area contributed by atoms with Crippen LogP contribution in [0, 0.1) is 6.92 Å². The molecule has 0 saturated carbocycles. The Morgan fingerprint density at radius 3 is 2.48 bits per heavy atom. The number of carbonyl (C=O) groups is 2. The van der Waals surface area contributed by atoms with E-state index >= 15 is 0 Å². The molecular weight excluding hydrogens is 312 g/mol. The molecule has 0 aliphatic carbocycles. The van der Waals surface area contributed by atoms with Crippen molar-refractivity contribution in [1.82, 2.24) is 4.98 Å². The van der Waals surface area contributed by atoms with Gasteiger partial charge in [-0.05, 0) is 29.8 Å². The SMILES string of the molecule is COC(=O)c1cc2ccccc2cc1NC(=O)c1csc(C)n1. The van der Waals surface area contributed by atoms with Crippen molar-refractivity contribution in [3.05, 3.63) is 58.0 Å². The summed E-state index contributed by atoms with van der Waals surface area (Å²) in [6.45, 7) is 1.83. The molecule has 0 saturated heterocycles. The number of benzene rings is 2. The Balaban J connectivity index is 2.03. The summed E-state index contributed by atoms with van der Waals surface area (Å²) < 4.78 is 4.81. The van der Waals surface area contributed by atoms with E-state index in [2.05, 4.69) is 10.3 Å². The maximum Gasteiger partial charge on any atom is 0.339 e. The zero-order valence-electron chi connectivity index (χ0n) is 12.6. The van der Waals surface area contributed by atoms with E-state index in [1.165, 1.54) is 18.4 Å². The molecule has 0 atom stereocenters. The minimum Gasteiger partial charge on any atom is -0.465 e. The summed E-state index contributed by atoms with van der Waals surface area (Å²) in [5, 5.41) is 7.06. The summed E-state index contributed by atoms with van der Waals surface area (Å²) >= 11 is 1.40. The zero-order valence-corrected chi connectivity index (χ0v) is 13.4. The van der Waals surface area contributed by atoms with Gasteiger partial charge in [-0.2, -0.15) is 0 Å². The Bertz CT molecular complexity index is 902. The van der Waals surface area contributed by atoms with Crippen LogP contribution in [-0.4, -0.2) is 24.0 Å². The lowest BCUT2D eigenvalue weighted by Gasteiger charge is -2.11. The largest absolute Gasteiger partial charge is 0.465 e. The number of aromatic nitrogens is 1. The molecule has 2 aromatic carbocycles. The number of hydrogen-bond acceptors (Lipinski definition) is 5. The van der Waals surface area contributed by atoms with Crippen LogP contribution in [0.2, 0.25) is 0 Å². The number of thiazole rings is 1. The maximum atomic E-state index is 12.3. The van der Waals surface area contributed by atoms with Crippen molar-refractivity contribution in [3.8, 4) is 0 Å². The Labute approximate surface area is 136 Å². The van der Waals surface area contributed by atoms with Gasteiger partial charge in [0.2, 0.25) is 0 Å². The highest BCUT2D eigenvalue weighted by Crippen LogP contribution is 2.25. The number of amides is 1. The molecule has 0 bridgehead atoms. The third-order valence-electron chi connectivity index (χ3n) is 3.39. The minimum absolute atomic E-state index is 0.312. The van der Waals surface area contributed by atoms with Gasteiger partial charge < -0.3 is 10.1 Å². The average Bonchev–Trinajstić information content (AvgIpc) is 3.00. The predicted octanol–water partition coefficient (Wildman–Crippen LogP) is 3.64. The van der Waals surface area contributed by atoms with Crippen LogP contribution in [0.3, 0.4) is 0 Å². The van der Waals surface area contributed by atoms with Crippen molar-refractivity contribution in [1.29, 1.82) is 0 Å². The van der Waals surface area contributed by atoms with Gasteiger partial charge in [-0.25, -0.2) is 9.78 Å². The lowest BCUT2D eigenvalue weighted by molar-refractivity contribution is 0.0602. The smallest absolute Gasteiger partial charge is 0.339 e. The van der Waals surface area contributed by atoms with Crippen LogP contribution in [0.1, 0.15) is 25.9 Å². The third-order valence-corrected chi connectivity index (χ3v) is 4.16. The molecule has 3 aromatic rings. The molecule has 6 heteroatoms. The molecule has 1 aromatic heterocycles. The maximum absolute atomic E-state index is 12.3. The Morgan fingerprint density at radius 1 is 1.17 bits per heavy atom. The van der Waals surface area contributed by atoms with E-state index in [0.29, 0.717) is 16.9 Å². The predicted molar refractivity (Wildman–Crippen MR) is 90.1 cm³/mol. The number of rotatable bonds is 3. The van der Waals surface area contributed by atoms with Gasteiger partial charge in [0.25, 0.3) is 5.91 Å². The van der Waals surface area contributed by atoms with E-state index in [0.717, 1.165) is 15.8 Å². The van der Waals surface area contributed by atoms with Crippen molar-refractivity contribution in [2.45, 2.75) is 6.92 Å². The molecule has 0 unspecified atom stereocenters. The summed E-state index contributed by atoms with van der Waals surface area (Å²) in [5.74, 6) is -0.852. The van der Waals surface area contributed by atoms with E-state index in [1.54, 1.807) is 17.5 Å². The molecule has 1 N–H and O–H groups in total. The van der Waals surface area contributed by atoms with Crippen molar-refractivity contribution < 1.29 is 14.3 Å². The molecule has 0 aliphatic heterocycles. The molecule has 0 fully saturated rings. The minimum atomic E-state index is -0.500. The van der Waals surface area contributed by atoms with Crippen molar-refractivity contribution >= 4 is 39.7 Å². The molecule has 1 heterocycles. The van der Waals surface area contributed by atoms with Gasteiger partial charge >= 0.3 is 5.97 Å². The highest BCUT2D eigenvalue weighted by molar-refractivity contribution is 7.09. The number of anilines is 1. The van der Waals surface area contributed by atoms with Crippen LogP contribution in [0.25, 0.3) is 10.8 Å². The molecule has 1 amide bonds. The number of esters is 1. The van der Waals surface area contributed by atoms with Crippen molar-refractivity contribution in [2.24, 2.45) is 0 Å². The lowest BCUT2D eigenvalue weighted by Crippen LogP contribution is -2.16. The number of hydrogen-bond donors (Lipinski definition) is 1. The van der Waals surface area contributed by atoms with Gasteiger partial charge in [0, 0.05) is 5.38 Å². The fourth-order valence-electron chi connectivity index (χ4n) is 2.28. The first-order chi connectivity index (χ1) is 11.1. The second-order valence-corrected chi connectivity index (χ2v) is 6.00. The quantitative estimate of drug-likeness (QED) is 0.746. The fourth-order valence-corrected chi connectivity index (χ4v) is 2.87. The third kappa shape index (κ3) is 3.07. The lowest BCUT2D eigenvalue weighted by atomic mass is 10.0. The summed E-state index contributed by atoms with van der Waals surface area (Å²) in [7, 11) is 1.31. The van der Waals surface area contributed by atoms with Gasteiger partial charge in [-0.15, -0.1) is 11.3 Å². The molecule has 0 aliphatic rings. The zero-order chi connectivity index (χ0) is 16.4. The van der Waals surface area contributed by atoms with E-state index in [-0.39, 0.29) is 5.91 Å². The van der Waals surface area contributed by atoms with Crippen LogP contribution < -0.4 is 5.32 Å². The fraction of sp³-hybridized carbons (Fsp3) is 0.118. The van der Waals surface area contributed by atoms with E-state index in [1.807, 2.05) is 31.2 Å². The molecule has 3 rings (SSSR count). The van der Waals surface area contributed by atoms with Crippen LogP contribution >= 0.6 is 11.3 Å². The number of aryl methyl sites for hydroxylation is 1. The van der Waals surface area contributed by atoms with Crippen LogP contribution in [0.4, 0.5) is 5.69 Å². The van der Waals surface area contributed by atoms with Crippen molar-refractivity contribution in [3.63, 3.8) is 0 Å². The van der Waals surface area contributed by atoms with Crippen molar-refractivity contribution in [2.75, 3.05) is 12.4 Å². The normalized spacial score (nSPS) is 10.5. The summed E-state index contributed by atoms with van der Waals surface area (Å²) in [4.78, 5) is 28.5. The Morgan fingerprint density at radius 2 is 1.87 bits per heavy atom. The monoisotopic (exact) mass is 326 g/mol. The standard InChI is InChI=1S/C17H14N2O3S/c1-10-18-15(9-23-10)16(20)19-14-8-12-6-4-3-5-11(12)7-13(14)17(21)22-2/h3-9H,1-2H3,(H,19,20).